The lowest BCUT2D eigenvalue weighted by Crippen LogP contribution is -2.38. The summed E-state index contributed by atoms with van der Waals surface area (Å²) in [4.78, 5) is 0. The maximum absolute atomic E-state index is 8.42. The number of rotatable bonds is 3. The number of aliphatic hydroxyl groups excluding tert-OH is 1. The van der Waals surface area contributed by atoms with E-state index in [9.17, 15) is 0 Å². The molecule has 0 radical (unpaired) electrons. The minimum absolute atomic E-state index is 0.0703. The van der Waals surface area contributed by atoms with Crippen molar-refractivity contribution in [1.29, 1.82) is 0 Å². The van der Waals surface area contributed by atoms with Crippen LogP contribution < -0.4 is 5.32 Å². The fourth-order valence-electron chi connectivity index (χ4n) is 0.339. The third kappa shape index (κ3) is 2.99. The van der Waals surface area contributed by atoms with E-state index in [2.05, 4.69) is 26.1 Å². The lowest BCUT2D eigenvalue weighted by molar-refractivity contribution is 0.206. The van der Waals surface area contributed by atoms with Crippen molar-refractivity contribution in [3.8, 4) is 0 Å². The topological polar surface area (TPSA) is 32.3 Å². The molecule has 0 aromatic rings. The van der Waals surface area contributed by atoms with Crippen LogP contribution in [0.5, 0.6) is 0 Å². The van der Waals surface area contributed by atoms with Gasteiger partial charge in [-0.1, -0.05) is 6.92 Å². The lowest BCUT2D eigenvalue weighted by atomic mass is 10.0. The predicted molar refractivity (Wildman–Crippen MR) is 34.6 cm³/mol. The molecule has 0 aliphatic rings. The molecule has 0 aliphatic heterocycles. The quantitative estimate of drug-likeness (QED) is 0.534. The Morgan fingerprint density at radius 2 is 2.00 bits per heavy atom. The molecule has 0 atom stereocenters. The Kier molecular flexibility index (Phi) is 3.02. The summed E-state index contributed by atoms with van der Waals surface area (Å²) in [6.45, 7) is 6.27. The van der Waals surface area contributed by atoms with Gasteiger partial charge in [0.25, 0.3) is 0 Å². The van der Waals surface area contributed by atoms with Gasteiger partial charge in [-0.05, 0) is 20.3 Å². The van der Waals surface area contributed by atoms with Crippen LogP contribution in [0.25, 0.3) is 0 Å². The molecule has 0 rings (SSSR count). The summed E-state index contributed by atoms with van der Waals surface area (Å²) in [6.07, 6.45) is 1.04. The van der Waals surface area contributed by atoms with E-state index in [4.69, 9.17) is 5.11 Å². The molecule has 0 heterocycles. The predicted octanol–water partition coefficient (Wildman–Crippen LogP) is 0.714. The molecule has 8 heavy (non-hydrogen) atoms. The van der Waals surface area contributed by atoms with Crippen LogP contribution in [0.15, 0.2) is 0 Å². The van der Waals surface area contributed by atoms with Crippen molar-refractivity contribution in [2.24, 2.45) is 0 Å². The Bertz CT molecular complexity index is 61.5. The van der Waals surface area contributed by atoms with Crippen LogP contribution >= 0.6 is 0 Å². The SMILES string of the molecule is CCC(C)(C)NCO. The molecule has 2 nitrogen and oxygen atoms in total. The van der Waals surface area contributed by atoms with Gasteiger partial charge in [0.2, 0.25) is 0 Å². The van der Waals surface area contributed by atoms with E-state index in [1.54, 1.807) is 0 Å². The van der Waals surface area contributed by atoms with Crippen molar-refractivity contribution in [2.75, 3.05) is 6.73 Å². The Labute approximate surface area is 50.9 Å². The fraction of sp³-hybridized carbons (Fsp3) is 1.00. The van der Waals surface area contributed by atoms with Crippen molar-refractivity contribution >= 4 is 0 Å². The zero-order chi connectivity index (χ0) is 6.62. The Morgan fingerprint density at radius 3 is 2.12 bits per heavy atom. The summed E-state index contributed by atoms with van der Waals surface area (Å²) in [5, 5.41) is 11.3. The molecule has 0 amide bonds. The molecule has 0 fully saturated rings. The normalized spacial score (nSPS) is 12.0. The van der Waals surface area contributed by atoms with Gasteiger partial charge in [-0.15, -0.1) is 0 Å². The van der Waals surface area contributed by atoms with E-state index in [-0.39, 0.29) is 12.3 Å². The summed E-state index contributed by atoms with van der Waals surface area (Å²) in [7, 11) is 0. The zero-order valence-electron chi connectivity index (χ0n) is 5.86. The van der Waals surface area contributed by atoms with Crippen LogP contribution in [-0.2, 0) is 0 Å². The van der Waals surface area contributed by atoms with Gasteiger partial charge < -0.3 is 5.11 Å². The first-order valence-electron chi connectivity index (χ1n) is 2.98. The van der Waals surface area contributed by atoms with E-state index in [1.165, 1.54) is 0 Å². The smallest absolute Gasteiger partial charge is 0.0935 e. The highest BCUT2D eigenvalue weighted by atomic mass is 16.3. The van der Waals surface area contributed by atoms with Crippen LogP contribution in [0.3, 0.4) is 0 Å². The first kappa shape index (κ1) is 7.92. The Balaban J connectivity index is 3.37. The molecule has 0 saturated carbocycles. The molecule has 0 aromatic carbocycles. The Hall–Kier alpha value is -0.0800. The molecular weight excluding hydrogens is 102 g/mol. The highest BCUT2D eigenvalue weighted by molar-refractivity contribution is 4.72. The number of hydrogen-bond acceptors (Lipinski definition) is 2. The first-order valence-corrected chi connectivity index (χ1v) is 2.98. The standard InChI is InChI=1S/C6H15NO/c1-4-6(2,3)7-5-8/h7-8H,4-5H2,1-3H3. The maximum atomic E-state index is 8.42. The van der Waals surface area contributed by atoms with E-state index in [1.807, 2.05) is 0 Å². The van der Waals surface area contributed by atoms with Crippen LogP contribution in [0.4, 0.5) is 0 Å². The molecule has 0 bridgehead atoms. The number of hydrogen-bond donors (Lipinski definition) is 2. The second kappa shape index (κ2) is 3.05. The van der Waals surface area contributed by atoms with Crippen LogP contribution in [-0.4, -0.2) is 17.4 Å². The third-order valence-corrected chi connectivity index (χ3v) is 1.44. The summed E-state index contributed by atoms with van der Waals surface area (Å²) >= 11 is 0. The van der Waals surface area contributed by atoms with Crippen molar-refractivity contribution in [3.05, 3.63) is 0 Å². The average Bonchev–Trinajstić information content (AvgIpc) is 1.67. The summed E-state index contributed by atoms with van der Waals surface area (Å²) in [5.41, 5.74) is 0.0920. The second-order valence-corrected chi connectivity index (χ2v) is 2.57. The molecule has 0 spiro atoms. The van der Waals surface area contributed by atoms with Gasteiger partial charge >= 0.3 is 0 Å². The van der Waals surface area contributed by atoms with Gasteiger partial charge in [-0.25, -0.2) is 0 Å². The highest BCUT2D eigenvalue weighted by Gasteiger charge is 2.11. The van der Waals surface area contributed by atoms with Gasteiger partial charge in [0.05, 0.1) is 6.73 Å². The number of aliphatic hydroxyl groups is 1. The molecule has 0 saturated heterocycles. The van der Waals surface area contributed by atoms with Gasteiger partial charge in [0.15, 0.2) is 0 Å². The largest absolute Gasteiger partial charge is 0.381 e. The zero-order valence-corrected chi connectivity index (χ0v) is 5.86. The van der Waals surface area contributed by atoms with Gasteiger partial charge in [0.1, 0.15) is 0 Å². The van der Waals surface area contributed by atoms with Crippen molar-refractivity contribution in [3.63, 3.8) is 0 Å². The molecule has 0 unspecified atom stereocenters. The van der Waals surface area contributed by atoms with E-state index in [0.717, 1.165) is 6.42 Å². The average molecular weight is 117 g/mol. The minimum atomic E-state index is 0.0703. The lowest BCUT2D eigenvalue weighted by Gasteiger charge is -2.22. The monoisotopic (exact) mass is 117 g/mol. The van der Waals surface area contributed by atoms with Gasteiger partial charge in [-0.3, -0.25) is 5.32 Å². The highest BCUT2D eigenvalue weighted by Crippen LogP contribution is 2.04. The van der Waals surface area contributed by atoms with Crippen molar-refractivity contribution < 1.29 is 5.11 Å². The maximum Gasteiger partial charge on any atom is 0.0935 e. The Morgan fingerprint density at radius 1 is 1.50 bits per heavy atom. The number of nitrogens with one attached hydrogen (secondary N) is 1. The molecule has 2 heteroatoms. The fourth-order valence-corrected chi connectivity index (χ4v) is 0.339. The summed E-state index contributed by atoms with van der Waals surface area (Å²) in [6, 6.07) is 0. The molecule has 0 aromatic heterocycles. The van der Waals surface area contributed by atoms with Crippen LogP contribution in [0, 0.1) is 0 Å². The third-order valence-electron chi connectivity index (χ3n) is 1.44. The second-order valence-electron chi connectivity index (χ2n) is 2.57. The van der Waals surface area contributed by atoms with Crippen LogP contribution in [0.2, 0.25) is 0 Å². The molecule has 0 aliphatic carbocycles. The van der Waals surface area contributed by atoms with Crippen molar-refractivity contribution in [1.82, 2.24) is 5.32 Å². The van der Waals surface area contributed by atoms with Gasteiger partial charge in [0, 0.05) is 5.54 Å². The van der Waals surface area contributed by atoms with E-state index < -0.39 is 0 Å². The summed E-state index contributed by atoms with van der Waals surface area (Å²) in [5.74, 6) is 0. The van der Waals surface area contributed by atoms with Crippen LogP contribution in [0.1, 0.15) is 27.2 Å². The molecule has 2 N–H and O–H groups in total. The summed E-state index contributed by atoms with van der Waals surface area (Å²) < 4.78 is 0. The van der Waals surface area contributed by atoms with Gasteiger partial charge in [-0.2, -0.15) is 0 Å². The van der Waals surface area contributed by atoms with E-state index >= 15 is 0 Å². The molecule has 50 valence electrons. The van der Waals surface area contributed by atoms with Crippen molar-refractivity contribution in [2.45, 2.75) is 32.7 Å². The molecular formula is C6H15NO. The first-order chi connectivity index (χ1) is 3.62. The van der Waals surface area contributed by atoms with E-state index in [0.29, 0.717) is 0 Å². The minimum Gasteiger partial charge on any atom is -0.381 e.